The second-order valence-electron chi connectivity index (χ2n) is 4.47. The monoisotopic (exact) mass is 251 g/mol. The zero-order chi connectivity index (χ0) is 12.8. The van der Waals surface area contributed by atoms with Crippen LogP contribution in [0.3, 0.4) is 0 Å². The summed E-state index contributed by atoms with van der Waals surface area (Å²) >= 11 is 0. The Morgan fingerprint density at radius 1 is 1.44 bits per heavy atom. The minimum Gasteiger partial charge on any atom is -0.456 e. The van der Waals surface area contributed by atoms with E-state index in [9.17, 15) is 4.79 Å². The highest BCUT2D eigenvalue weighted by atomic mass is 16.3. The number of amides is 1. The summed E-state index contributed by atoms with van der Waals surface area (Å²) < 4.78 is 5.40. The summed E-state index contributed by atoms with van der Waals surface area (Å²) in [5.74, 6) is 1.14. The number of furan rings is 1. The van der Waals surface area contributed by atoms with Gasteiger partial charge < -0.3 is 15.1 Å². The quantitative estimate of drug-likeness (QED) is 0.799. The van der Waals surface area contributed by atoms with Crippen LogP contribution in [0.25, 0.3) is 0 Å². The van der Waals surface area contributed by atoms with Gasteiger partial charge in [0.15, 0.2) is 5.76 Å². The largest absolute Gasteiger partial charge is 0.456 e. The fourth-order valence-electron chi connectivity index (χ4n) is 2.04. The molecule has 1 aliphatic heterocycles. The van der Waals surface area contributed by atoms with Crippen molar-refractivity contribution in [3.63, 3.8) is 0 Å². The highest BCUT2D eigenvalue weighted by Crippen LogP contribution is 2.07. The maximum Gasteiger partial charge on any atom is 0.287 e. The molecule has 0 bridgehead atoms. The van der Waals surface area contributed by atoms with Gasteiger partial charge in [-0.15, -0.1) is 0 Å². The topological polar surface area (TPSA) is 57.5 Å². The third-order valence-electron chi connectivity index (χ3n) is 3.16. The van der Waals surface area contributed by atoms with Gasteiger partial charge in [-0.25, -0.2) is 0 Å². The third kappa shape index (κ3) is 3.58. The molecule has 0 spiro atoms. The van der Waals surface area contributed by atoms with E-state index in [0.717, 1.165) is 44.9 Å². The van der Waals surface area contributed by atoms with Crippen LogP contribution in [0.5, 0.6) is 0 Å². The first-order valence-electron chi connectivity index (χ1n) is 6.59. The maximum atomic E-state index is 11.8. The summed E-state index contributed by atoms with van der Waals surface area (Å²) in [5.41, 5.74) is 0. The lowest BCUT2D eigenvalue weighted by molar-refractivity contribution is 0.0918. The Labute approximate surface area is 108 Å². The van der Waals surface area contributed by atoms with Crippen molar-refractivity contribution in [1.82, 2.24) is 15.5 Å². The molecule has 0 unspecified atom stereocenters. The van der Waals surface area contributed by atoms with Crippen molar-refractivity contribution < 1.29 is 9.21 Å². The molecule has 0 aliphatic carbocycles. The zero-order valence-electron chi connectivity index (χ0n) is 10.9. The molecule has 0 atom stereocenters. The van der Waals surface area contributed by atoms with Crippen molar-refractivity contribution in [2.45, 2.75) is 13.3 Å². The van der Waals surface area contributed by atoms with Crippen LogP contribution in [-0.4, -0.2) is 50.1 Å². The van der Waals surface area contributed by atoms with Crippen LogP contribution in [0.2, 0.25) is 0 Å². The van der Waals surface area contributed by atoms with Gasteiger partial charge in [0, 0.05) is 45.7 Å². The first-order chi connectivity index (χ1) is 8.79. The molecule has 0 saturated carbocycles. The second kappa shape index (κ2) is 6.56. The lowest BCUT2D eigenvalue weighted by Crippen LogP contribution is -2.46. The minimum absolute atomic E-state index is 0.121. The van der Waals surface area contributed by atoms with E-state index in [1.54, 1.807) is 6.07 Å². The summed E-state index contributed by atoms with van der Waals surface area (Å²) in [5, 5.41) is 6.19. The molecular formula is C13H21N3O2. The minimum atomic E-state index is -0.121. The summed E-state index contributed by atoms with van der Waals surface area (Å²) in [6.45, 7) is 7.74. The average molecular weight is 251 g/mol. The molecule has 18 heavy (non-hydrogen) atoms. The van der Waals surface area contributed by atoms with Gasteiger partial charge in [-0.05, 0) is 12.1 Å². The number of rotatable bonds is 5. The van der Waals surface area contributed by atoms with Gasteiger partial charge in [0.25, 0.3) is 5.91 Å². The Morgan fingerprint density at radius 2 is 2.22 bits per heavy atom. The van der Waals surface area contributed by atoms with Gasteiger partial charge in [-0.2, -0.15) is 0 Å². The molecule has 5 heteroatoms. The Morgan fingerprint density at radius 3 is 2.89 bits per heavy atom. The third-order valence-corrected chi connectivity index (χ3v) is 3.16. The second-order valence-corrected chi connectivity index (χ2v) is 4.47. The number of nitrogens with one attached hydrogen (secondary N) is 2. The van der Waals surface area contributed by atoms with Crippen LogP contribution in [0, 0.1) is 0 Å². The SMILES string of the molecule is CCc1ccc(C(=O)NCCN2CCNCC2)o1. The molecule has 0 radical (unpaired) electrons. The molecular weight excluding hydrogens is 230 g/mol. The van der Waals surface area contributed by atoms with Crippen molar-refractivity contribution in [2.75, 3.05) is 39.3 Å². The lowest BCUT2D eigenvalue weighted by Gasteiger charge is -2.26. The first kappa shape index (κ1) is 13.1. The van der Waals surface area contributed by atoms with Gasteiger partial charge in [0.05, 0.1) is 0 Å². The number of hydrogen-bond acceptors (Lipinski definition) is 4. The van der Waals surface area contributed by atoms with Crippen LogP contribution in [0.1, 0.15) is 23.2 Å². The maximum absolute atomic E-state index is 11.8. The summed E-state index contributed by atoms with van der Waals surface area (Å²) in [4.78, 5) is 14.1. The van der Waals surface area contributed by atoms with Gasteiger partial charge >= 0.3 is 0 Å². The van der Waals surface area contributed by atoms with Gasteiger partial charge in [0.2, 0.25) is 0 Å². The smallest absolute Gasteiger partial charge is 0.287 e. The van der Waals surface area contributed by atoms with Crippen molar-refractivity contribution in [1.29, 1.82) is 0 Å². The first-order valence-corrected chi connectivity index (χ1v) is 6.59. The van der Waals surface area contributed by atoms with E-state index in [0.29, 0.717) is 12.3 Å². The Bertz CT molecular complexity index is 383. The molecule has 1 aromatic rings. The Hall–Kier alpha value is -1.33. The van der Waals surface area contributed by atoms with Gasteiger partial charge in [-0.1, -0.05) is 6.92 Å². The Balaban J connectivity index is 1.70. The van der Waals surface area contributed by atoms with Crippen molar-refractivity contribution in [3.8, 4) is 0 Å². The molecule has 1 aliphatic rings. The van der Waals surface area contributed by atoms with Crippen molar-refractivity contribution in [2.24, 2.45) is 0 Å². The number of aryl methyl sites for hydroxylation is 1. The van der Waals surface area contributed by atoms with E-state index in [1.165, 1.54) is 0 Å². The standard InChI is InChI=1S/C13H21N3O2/c1-2-11-3-4-12(18-11)13(17)15-7-10-16-8-5-14-6-9-16/h3-4,14H,2,5-10H2,1H3,(H,15,17). The number of carbonyl (C=O) groups is 1. The number of carbonyl (C=O) groups excluding carboxylic acids is 1. The summed E-state index contributed by atoms with van der Waals surface area (Å²) in [6.07, 6.45) is 0.814. The fourth-order valence-corrected chi connectivity index (χ4v) is 2.04. The summed E-state index contributed by atoms with van der Waals surface area (Å²) in [6, 6.07) is 3.59. The van der Waals surface area contributed by atoms with Crippen LogP contribution in [0.4, 0.5) is 0 Å². The number of hydrogen-bond donors (Lipinski definition) is 2. The van der Waals surface area contributed by atoms with Crippen LogP contribution in [-0.2, 0) is 6.42 Å². The number of nitrogens with zero attached hydrogens (tertiary/aromatic N) is 1. The highest BCUT2D eigenvalue weighted by Gasteiger charge is 2.12. The molecule has 2 rings (SSSR count). The molecule has 2 heterocycles. The zero-order valence-corrected chi connectivity index (χ0v) is 10.9. The molecule has 0 aromatic carbocycles. The molecule has 2 N–H and O–H groups in total. The van der Waals surface area contributed by atoms with E-state index in [-0.39, 0.29) is 5.91 Å². The van der Waals surface area contributed by atoms with Crippen molar-refractivity contribution in [3.05, 3.63) is 23.7 Å². The van der Waals surface area contributed by atoms with Crippen molar-refractivity contribution >= 4 is 5.91 Å². The van der Waals surface area contributed by atoms with E-state index in [2.05, 4.69) is 15.5 Å². The van der Waals surface area contributed by atoms with E-state index < -0.39 is 0 Å². The van der Waals surface area contributed by atoms with E-state index in [1.807, 2.05) is 13.0 Å². The Kier molecular flexibility index (Phi) is 4.78. The van der Waals surface area contributed by atoms with Crippen LogP contribution < -0.4 is 10.6 Å². The fraction of sp³-hybridized carbons (Fsp3) is 0.615. The molecule has 1 fully saturated rings. The summed E-state index contributed by atoms with van der Waals surface area (Å²) in [7, 11) is 0. The lowest BCUT2D eigenvalue weighted by atomic mass is 10.3. The average Bonchev–Trinajstić information content (AvgIpc) is 2.89. The molecule has 5 nitrogen and oxygen atoms in total. The molecule has 1 aromatic heterocycles. The van der Waals surface area contributed by atoms with Gasteiger partial charge in [-0.3, -0.25) is 9.69 Å². The molecule has 1 amide bonds. The molecule has 1 saturated heterocycles. The van der Waals surface area contributed by atoms with Crippen LogP contribution >= 0.6 is 0 Å². The van der Waals surface area contributed by atoms with E-state index >= 15 is 0 Å². The molecule has 100 valence electrons. The normalized spacial score (nSPS) is 16.7. The predicted molar refractivity (Wildman–Crippen MR) is 69.7 cm³/mol. The highest BCUT2D eigenvalue weighted by molar-refractivity contribution is 5.91. The van der Waals surface area contributed by atoms with Gasteiger partial charge in [0.1, 0.15) is 5.76 Å². The van der Waals surface area contributed by atoms with E-state index in [4.69, 9.17) is 4.42 Å². The predicted octanol–water partition coefficient (Wildman–Crippen LogP) is 0.477. The van der Waals surface area contributed by atoms with Crippen LogP contribution in [0.15, 0.2) is 16.5 Å². The number of piperazine rings is 1.